The van der Waals surface area contributed by atoms with Crippen LogP contribution in [0.1, 0.15) is 16.1 Å². The van der Waals surface area contributed by atoms with Crippen LogP contribution in [0.5, 0.6) is 0 Å². The number of pyridine rings is 1. The Hall–Kier alpha value is -2.35. The highest BCUT2D eigenvalue weighted by Gasteiger charge is 2.08. The summed E-state index contributed by atoms with van der Waals surface area (Å²) in [6.07, 6.45) is 3.01. The van der Waals surface area contributed by atoms with E-state index in [1.54, 1.807) is 16.7 Å². The number of carboxylic acid groups (broad SMARTS) is 1. The van der Waals surface area contributed by atoms with Crippen LogP contribution in [0.2, 0.25) is 0 Å². The maximum Gasteiger partial charge on any atom is 0.356 e. The first kappa shape index (κ1) is 8.26. The van der Waals surface area contributed by atoms with Gasteiger partial charge in [-0.2, -0.15) is 5.26 Å². The molecular weight excluding hydrogens is 182 g/mol. The highest BCUT2D eigenvalue weighted by atomic mass is 16.4. The van der Waals surface area contributed by atoms with Gasteiger partial charge in [0.25, 0.3) is 0 Å². The zero-order valence-electron chi connectivity index (χ0n) is 7.01. The van der Waals surface area contributed by atoms with Gasteiger partial charge in [0.2, 0.25) is 0 Å². The summed E-state index contributed by atoms with van der Waals surface area (Å²) < 4.78 is 1.56. The number of nitrogens with zero attached hydrogens (tertiary/aromatic N) is 3. The van der Waals surface area contributed by atoms with Gasteiger partial charge in [0.15, 0.2) is 5.69 Å². The van der Waals surface area contributed by atoms with Gasteiger partial charge in [-0.05, 0) is 12.1 Å². The summed E-state index contributed by atoms with van der Waals surface area (Å²) in [4.78, 5) is 14.4. The van der Waals surface area contributed by atoms with E-state index < -0.39 is 5.97 Å². The lowest BCUT2D eigenvalue weighted by Gasteiger charge is -1.90. The molecule has 0 saturated heterocycles. The van der Waals surface area contributed by atoms with Crippen molar-refractivity contribution in [3.05, 3.63) is 35.8 Å². The summed E-state index contributed by atoms with van der Waals surface area (Å²) in [6, 6.07) is 5.09. The van der Waals surface area contributed by atoms with E-state index >= 15 is 0 Å². The number of imidazole rings is 1. The van der Waals surface area contributed by atoms with E-state index in [1.165, 1.54) is 12.3 Å². The smallest absolute Gasteiger partial charge is 0.356 e. The maximum absolute atomic E-state index is 10.6. The molecule has 2 heterocycles. The van der Waals surface area contributed by atoms with Crippen LogP contribution in [0.25, 0.3) is 5.65 Å². The van der Waals surface area contributed by atoms with Crippen molar-refractivity contribution in [2.75, 3.05) is 0 Å². The summed E-state index contributed by atoms with van der Waals surface area (Å²) in [7, 11) is 0. The Morgan fingerprint density at radius 1 is 1.64 bits per heavy atom. The molecule has 2 rings (SSSR count). The van der Waals surface area contributed by atoms with Gasteiger partial charge in [-0.25, -0.2) is 9.78 Å². The second kappa shape index (κ2) is 2.85. The first-order chi connectivity index (χ1) is 6.70. The first-order valence-corrected chi connectivity index (χ1v) is 3.83. The summed E-state index contributed by atoms with van der Waals surface area (Å²) in [6.45, 7) is 0. The molecule has 0 unspecified atom stereocenters. The van der Waals surface area contributed by atoms with Gasteiger partial charge in [-0.3, -0.25) is 0 Å². The van der Waals surface area contributed by atoms with Crippen molar-refractivity contribution in [1.82, 2.24) is 9.38 Å². The normalized spacial score (nSPS) is 9.93. The van der Waals surface area contributed by atoms with Gasteiger partial charge in [-0.1, -0.05) is 0 Å². The van der Waals surface area contributed by atoms with E-state index in [4.69, 9.17) is 10.4 Å². The molecule has 2 aromatic rings. The van der Waals surface area contributed by atoms with Crippen molar-refractivity contribution in [3.8, 4) is 6.07 Å². The lowest BCUT2D eigenvalue weighted by atomic mass is 10.3. The van der Waals surface area contributed by atoms with Crippen molar-refractivity contribution < 1.29 is 9.90 Å². The summed E-state index contributed by atoms with van der Waals surface area (Å²) in [5.74, 6) is -1.08. The fourth-order valence-electron chi connectivity index (χ4n) is 1.15. The number of rotatable bonds is 1. The van der Waals surface area contributed by atoms with E-state index in [0.29, 0.717) is 11.2 Å². The minimum absolute atomic E-state index is 0.0277. The number of carboxylic acids is 1. The van der Waals surface area contributed by atoms with Crippen LogP contribution in [0, 0.1) is 11.3 Å². The van der Waals surface area contributed by atoms with Crippen molar-refractivity contribution in [1.29, 1.82) is 5.26 Å². The fourth-order valence-corrected chi connectivity index (χ4v) is 1.15. The van der Waals surface area contributed by atoms with E-state index in [1.807, 2.05) is 6.07 Å². The Bertz CT molecular complexity index is 551. The molecule has 2 aromatic heterocycles. The van der Waals surface area contributed by atoms with Gasteiger partial charge >= 0.3 is 5.97 Å². The quantitative estimate of drug-likeness (QED) is 0.719. The fraction of sp³-hybridized carbons (Fsp3) is 0. The summed E-state index contributed by atoms with van der Waals surface area (Å²) in [5, 5.41) is 17.3. The second-order valence-corrected chi connectivity index (χ2v) is 2.72. The van der Waals surface area contributed by atoms with Crippen LogP contribution in [0.15, 0.2) is 24.5 Å². The van der Waals surface area contributed by atoms with E-state index in [-0.39, 0.29) is 5.69 Å². The number of aromatic carboxylic acids is 1. The van der Waals surface area contributed by atoms with E-state index in [2.05, 4.69) is 4.98 Å². The van der Waals surface area contributed by atoms with Gasteiger partial charge < -0.3 is 9.51 Å². The minimum Gasteiger partial charge on any atom is -0.476 e. The molecule has 0 aliphatic carbocycles. The molecule has 0 aromatic carbocycles. The van der Waals surface area contributed by atoms with Crippen LogP contribution in [-0.2, 0) is 0 Å². The molecule has 1 N–H and O–H groups in total. The van der Waals surface area contributed by atoms with Crippen molar-refractivity contribution in [2.45, 2.75) is 0 Å². The predicted octanol–water partition coefficient (Wildman–Crippen LogP) is 0.904. The number of carbonyl (C=O) groups is 1. The zero-order valence-corrected chi connectivity index (χ0v) is 7.01. The Morgan fingerprint density at radius 3 is 3.07 bits per heavy atom. The zero-order chi connectivity index (χ0) is 10.1. The molecule has 0 bridgehead atoms. The minimum atomic E-state index is -1.08. The third kappa shape index (κ3) is 1.19. The molecule has 5 heteroatoms. The standard InChI is InChI=1S/C9H5N3O2/c10-4-6-1-2-12-5-7(9(13)14)11-8(12)3-6/h1-3,5H,(H,13,14). The molecular formula is C9H5N3O2. The molecule has 0 saturated carbocycles. The monoisotopic (exact) mass is 187 g/mol. The van der Waals surface area contributed by atoms with Crippen LogP contribution >= 0.6 is 0 Å². The van der Waals surface area contributed by atoms with Gasteiger partial charge in [0.1, 0.15) is 5.65 Å². The maximum atomic E-state index is 10.6. The molecule has 14 heavy (non-hydrogen) atoms. The van der Waals surface area contributed by atoms with Crippen LogP contribution in [-0.4, -0.2) is 20.5 Å². The summed E-state index contributed by atoms with van der Waals surface area (Å²) >= 11 is 0. The number of aromatic nitrogens is 2. The lowest BCUT2D eigenvalue weighted by Crippen LogP contribution is -1.94. The largest absolute Gasteiger partial charge is 0.476 e. The summed E-state index contributed by atoms with van der Waals surface area (Å²) in [5.41, 5.74) is 0.890. The molecule has 68 valence electrons. The number of hydrogen-bond donors (Lipinski definition) is 1. The number of hydrogen-bond acceptors (Lipinski definition) is 3. The molecule has 0 aliphatic rings. The van der Waals surface area contributed by atoms with Gasteiger partial charge in [-0.15, -0.1) is 0 Å². The van der Waals surface area contributed by atoms with Crippen LogP contribution in [0.4, 0.5) is 0 Å². The average molecular weight is 187 g/mol. The third-order valence-corrected chi connectivity index (χ3v) is 1.81. The molecule has 0 amide bonds. The number of fused-ring (bicyclic) bond motifs is 1. The topological polar surface area (TPSA) is 78.4 Å². The van der Waals surface area contributed by atoms with Crippen LogP contribution in [0.3, 0.4) is 0 Å². The van der Waals surface area contributed by atoms with Crippen molar-refractivity contribution >= 4 is 11.6 Å². The van der Waals surface area contributed by atoms with E-state index in [0.717, 1.165) is 0 Å². The highest BCUT2D eigenvalue weighted by molar-refractivity contribution is 5.86. The third-order valence-electron chi connectivity index (χ3n) is 1.81. The Labute approximate surface area is 78.8 Å². The van der Waals surface area contributed by atoms with E-state index in [9.17, 15) is 4.79 Å². The predicted molar refractivity (Wildman–Crippen MR) is 46.9 cm³/mol. The highest BCUT2D eigenvalue weighted by Crippen LogP contribution is 2.07. The van der Waals surface area contributed by atoms with Gasteiger partial charge in [0, 0.05) is 12.4 Å². The van der Waals surface area contributed by atoms with Gasteiger partial charge in [0.05, 0.1) is 11.6 Å². The number of nitriles is 1. The molecule has 0 spiro atoms. The average Bonchev–Trinajstić information content (AvgIpc) is 2.59. The van der Waals surface area contributed by atoms with Crippen molar-refractivity contribution in [3.63, 3.8) is 0 Å². The molecule has 0 radical (unpaired) electrons. The molecule has 5 nitrogen and oxygen atoms in total. The first-order valence-electron chi connectivity index (χ1n) is 3.83. The Morgan fingerprint density at radius 2 is 2.43 bits per heavy atom. The Balaban J connectivity index is 2.67. The Kier molecular flexibility index (Phi) is 1.68. The van der Waals surface area contributed by atoms with Crippen molar-refractivity contribution in [2.24, 2.45) is 0 Å². The molecule has 0 atom stereocenters. The lowest BCUT2D eigenvalue weighted by molar-refractivity contribution is 0.0691. The molecule has 0 aliphatic heterocycles. The second-order valence-electron chi connectivity index (χ2n) is 2.72. The SMILES string of the molecule is N#Cc1ccn2cc(C(=O)O)nc2c1. The molecule has 0 fully saturated rings. The van der Waals surface area contributed by atoms with Crippen LogP contribution < -0.4 is 0 Å².